The lowest BCUT2D eigenvalue weighted by atomic mass is 10.0. The Morgan fingerprint density at radius 3 is 2.41 bits per heavy atom. The molecule has 2 heterocycles. The summed E-state index contributed by atoms with van der Waals surface area (Å²) in [4.78, 5) is 2.66. The molecule has 0 radical (unpaired) electrons. The number of hydrogen-bond donors (Lipinski definition) is 0. The summed E-state index contributed by atoms with van der Waals surface area (Å²) in [5, 5.41) is 0. The van der Waals surface area contributed by atoms with Gasteiger partial charge in [0.2, 0.25) is 0 Å². The summed E-state index contributed by atoms with van der Waals surface area (Å²) in [7, 11) is 0. The van der Waals surface area contributed by atoms with Crippen LogP contribution in [-0.4, -0.2) is 66.9 Å². The summed E-state index contributed by atoms with van der Waals surface area (Å²) in [6.07, 6.45) is 1.98. The van der Waals surface area contributed by atoms with E-state index in [1.165, 1.54) is 55.7 Å². The highest BCUT2D eigenvalue weighted by Crippen LogP contribution is 2.27. The summed E-state index contributed by atoms with van der Waals surface area (Å²) in [6, 6.07) is 11.6. The predicted octanol–water partition coefficient (Wildman–Crippen LogP) is 2.56. The van der Waals surface area contributed by atoms with Gasteiger partial charge in [0.1, 0.15) is 25.3 Å². The van der Waals surface area contributed by atoms with Crippen LogP contribution in [-0.2, 0) is 11.2 Å². The van der Waals surface area contributed by atoms with Crippen LogP contribution < -0.4 is 0 Å². The van der Waals surface area contributed by atoms with Gasteiger partial charge in [0.25, 0.3) is 0 Å². The molecule has 1 spiro atoms. The summed E-state index contributed by atoms with van der Waals surface area (Å²) in [5.41, 5.74) is 1.46. The molecule has 0 bridgehead atoms. The summed E-state index contributed by atoms with van der Waals surface area (Å²) in [6.45, 7) is 14.2. The van der Waals surface area contributed by atoms with Gasteiger partial charge in [0, 0.05) is 13.1 Å². The minimum Gasteiger partial charge on any atom is -0.364 e. The van der Waals surface area contributed by atoms with Gasteiger partial charge in [-0.1, -0.05) is 30.3 Å². The van der Waals surface area contributed by atoms with Gasteiger partial charge < -0.3 is 9.22 Å². The van der Waals surface area contributed by atoms with Gasteiger partial charge in [-0.3, -0.25) is 4.90 Å². The molecule has 3 nitrogen and oxygen atoms in total. The molecule has 2 aliphatic heterocycles. The molecule has 122 valence electrons. The summed E-state index contributed by atoms with van der Waals surface area (Å²) >= 11 is 0. The number of hydrogen-bond acceptors (Lipinski definition) is 2. The fourth-order valence-electron chi connectivity index (χ4n) is 4.46. The molecule has 2 saturated heterocycles. The summed E-state index contributed by atoms with van der Waals surface area (Å²) < 4.78 is 7.23. The second-order valence-electron chi connectivity index (χ2n) is 7.45. The van der Waals surface area contributed by atoms with E-state index in [1.807, 2.05) is 0 Å². The van der Waals surface area contributed by atoms with Crippen molar-refractivity contribution in [1.29, 1.82) is 0 Å². The van der Waals surface area contributed by atoms with Crippen LogP contribution in [0.4, 0.5) is 0 Å². The maximum atomic E-state index is 5.96. The first-order valence-electron chi connectivity index (χ1n) is 8.85. The topological polar surface area (TPSA) is 12.5 Å². The molecule has 3 rings (SSSR count). The summed E-state index contributed by atoms with van der Waals surface area (Å²) in [5.74, 6) is 0. The van der Waals surface area contributed by atoms with Crippen molar-refractivity contribution in [3.8, 4) is 0 Å². The Kier molecular flexibility index (Phi) is 4.86. The van der Waals surface area contributed by atoms with Gasteiger partial charge >= 0.3 is 0 Å². The number of morpholine rings is 1. The van der Waals surface area contributed by atoms with Crippen molar-refractivity contribution in [3.63, 3.8) is 0 Å². The highest BCUT2D eigenvalue weighted by atomic mass is 16.5. The van der Waals surface area contributed by atoms with Crippen molar-refractivity contribution in [1.82, 2.24) is 4.90 Å². The molecule has 1 aromatic rings. The van der Waals surface area contributed by atoms with Crippen molar-refractivity contribution in [2.45, 2.75) is 45.4 Å². The van der Waals surface area contributed by atoms with Gasteiger partial charge in [-0.15, -0.1) is 0 Å². The van der Waals surface area contributed by atoms with E-state index in [0.717, 1.165) is 6.04 Å². The fourth-order valence-corrected chi connectivity index (χ4v) is 4.46. The number of rotatable bonds is 3. The van der Waals surface area contributed by atoms with Crippen LogP contribution in [0.25, 0.3) is 0 Å². The van der Waals surface area contributed by atoms with E-state index < -0.39 is 0 Å². The second-order valence-corrected chi connectivity index (χ2v) is 7.45. The maximum Gasteiger partial charge on any atom is 0.105 e. The predicted molar refractivity (Wildman–Crippen MR) is 90.9 cm³/mol. The molecule has 0 saturated carbocycles. The number of quaternary nitrogens is 1. The average molecular weight is 303 g/mol. The van der Waals surface area contributed by atoms with Gasteiger partial charge in [-0.2, -0.15) is 0 Å². The lowest BCUT2D eigenvalue weighted by Crippen LogP contribution is -2.70. The van der Waals surface area contributed by atoms with Crippen molar-refractivity contribution in [2.24, 2.45) is 0 Å². The van der Waals surface area contributed by atoms with Crippen LogP contribution in [0.2, 0.25) is 0 Å². The Morgan fingerprint density at radius 2 is 1.77 bits per heavy atom. The molecule has 3 unspecified atom stereocenters. The van der Waals surface area contributed by atoms with Gasteiger partial charge in [0.15, 0.2) is 0 Å². The number of nitrogens with zero attached hydrogens (tertiary/aromatic N) is 2. The highest BCUT2D eigenvalue weighted by molar-refractivity contribution is 5.14. The second kappa shape index (κ2) is 6.69. The fraction of sp³-hybridized carbons (Fsp3) is 0.684. The van der Waals surface area contributed by atoms with Crippen molar-refractivity contribution >= 4 is 0 Å². The van der Waals surface area contributed by atoms with E-state index in [9.17, 15) is 0 Å². The largest absolute Gasteiger partial charge is 0.364 e. The van der Waals surface area contributed by atoms with Crippen LogP contribution in [0.15, 0.2) is 30.3 Å². The third-order valence-corrected chi connectivity index (χ3v) is 5.58. The zero-order valence-corrected chi connectivity index (χ0v) is 14.4. The average Bonchev–Trinajstić information content (AvgIpc) is 2.49. The van der Waals surface area contributed by atoms with Gasteiger partial charge in [0.05, 0.1) is 19.1 Å². The number of piperazine rings is 1. The van der Waals surface area contributed by atoms with Crippen molar-refractivity contribution < 1.29 is 9.22 Å². The van der Waals surface area contributed by atoms with Crippen LogP contribution in [0.3, 0.4) is 0 Å². The van der Waals surface area contributed by atoms with Crippen LogP contribution in [0, 0.1) is 0 Å². The van der Waals surface area contributed by atoms with Crippen molar-refractivity contribution in [2.75, 3.05) is 39.3 Å². The highest BCUT2D eigenvalue weighted by Gasteiger charge is 2.44. The Labute approximate surface area is 135 Å². The zero-order valence-electron chi connectivity index (χ0n) is 14.4. The van der Waals surface area contributed by atoms with E-state index in [4.69, 9.17) is 4.74 Å². The molecule has 3 heteroatoms. The monoisotopic (exact) mass is 303 g/mol. The Hall–Kier alpha value is -0.900. The Morgan fingerprint density at radius 1 is 1.09 bits per heavy atom. The lowest BCUT2D eigenvalue weighted by molar-refractivity contribution is -0.965. The first-order chi connectivity index (χ1) is 10.6. The molecule has 2 fully saturated rings. The molecule has 0 aliphatic carbocycles. The molecular weight excluding hydrogens is 272 g/mol. The Balaban J connectivity index is 1.55. The molecular formula is C19H31N2O+. The molecule has 0 aromatic heterocycles. The molecule has 3 atom stereocenters. The standard InChI is InChI=1S/C19H31N2O/c1-16-13-20(10-9-19-7-5-4-6-8-19)11-12-21(16)14-17(2)22-18(3)15-21/h4-8,16-18H,9-15H2,1-3H3/q+1. The quantitative estimate of drug-likeness (QED) is 0.796. The first kappa shape index (κ1) is 16.0. The normalized spacial score (nSPS) is 36.6. The maximum absolute atomic E-state index is 5.96. The first-order valence-corrected chi connectivity index (χ1v) is 8.85. The van der Waals surface area contributed by atoms with E-state index in [2.05, 4.69) is 56.0 Å². The van der Waals surface area contributed by atoms with Crippen LogP contribution in [0.5, 0.6) is 0 Å². The van der Waals surface area contributed by atoms with E-state index >= 15 is 0 Å². The smallest absolute Gasteiger partial charge is 0.105 e. The minimum absolute atomic E-state index is 0.405. The van der Waals surface area contributed by atoms with Crippen molar-refractivity contribution in [3.05, 3.63) is 35.9 Å². The van der Waals surface area contributed by atoms with E-state index in [-0.39, 0.29) is 0 Å². The number of benzene rings is 1. The molecule has 0 amide bonds. The SMILES string of the molecule is CC1C[N+]2(CCN(CCc3ccccc3)CC2C)CC(C)O1. The van der Waals surface area contributed by atoms with Crippen LogP contribution >= 0.6 is 0 Å². The van der Waals surface area contributed by atoms with Gasteiger partial charge in [-0.05, 0) is 32.8 Å². The minimum atomic E-state index is 0.405. The Bertz CT molecular complexity index is 466. The zero-order chi connectivity index (χ0) is 15.6. The molecule has 2 aliphatic rings. The van der Waals surface area contributed by atoms with Gasteiger partial charge in [-0.25, -0.2) is 0 Å². The third kappa shape index (κ3) is 3.53. The van der Waals surface area contributed by atoms with E-state index in [1.54, 1.807) is 0 Å². The lowest BCUT2D eigenvalue weighted by Gasteiger charge is -2.53. The molecule has 1 aromatic carbocycles. The van der Waals surface area contributed by atoms with E-state index in [0.29, 0.717) is 12.2 Å². The number of ether oxygens (including phenoxy) is 1. The third-order valence-electron chi connectivity index (χ3n) is 5.58. The molecule has 0 N–H and O–H groups in total. The van der Waals surface area contributed by atoms with Crippen LogP contribution in [0.1, 0.15) is 26.3 Å². The molecule has 22 heavy (non-hydrogen) atoms.